The van der Waals surface area contributed by atoms with Gasteiger partial charge in [0, 0.05) is 0 Å². The van der Waals surface area contributed by atoms with Crippen molar-refractivity contribution in [1.29, 1.82) is 0 Å². The lowest BCUT2D eigenvalue weighted by molar-refractivity contribution is -0.147. The molecule has 0 aromatic carbocycles. The standard InChI is InChI=1S/C12H21NO2/c1-12(2)11(15-8-10(14)13-12)9-6-4-3-5-7-9/h9,11H,3-8H2,1-2H3,(H,13,14)/t11-/m0/s1. The minimum Gasteiger partial charge on any atom is -0.366 e. The maximum Gasteiger partial charge on any atom is 0.246 e. The Labute approximate surface area is 91.6 Å². The Morgan fingerprint density at radius 1 is 1.27 bits per heavy atom. The van der Waals surface area contributed by atoms with Gasteiger partial charge in [0.1, 0.15) is 6.61 Å². The normalized spacial score (nSPS) is 32.4. The average molecular weight is 211 g/mol. The van der Waals surface area contributed by atoms with Crippen LogP contribution in [0.4, 0.5) is 0 Å². The Morgan fingerprint density at radius 2 is 1.93 bits per heavy atom. The summed E-state index contributed by atoms with van der Waals surface area (Å²) in [6.07, 6.45) is 6.70. The fourth-order valence-electron chi connectivity index (χ4n) is 3.00. The summed E-state index contributed by atoms with van der Waals surface area (Å²) in [5.74, 6) is 0.654. The van der Waals surface area contributed by atoms with Crippen molar-refractivity contribution in [1.82, 2.24) is 5.32 Å². The molecule has 0 aromatic rings. The van der Waals surface area contributed by atoms with Gasteiger partial charge in [-0.3, -0.25) is 4.79 Å². The third kappa shape index (κ3) is 2.33. The highest BCUT2D eigenvalue weighted by atomic mass is 16.5. The molecule has 0 unspecified atom stereocenters. The predicted octanol–water partition coefficient (Wildman–Crippen LogP) is 1.86. The van der Waals surface area contributed by atoms with Gasteiger partial charge in [0.05, 0.1) is 11.6 Å². The number of ether oxygens (including phenoxy) is 1. The lowest BCUT2D eigenvalue weighted by Crippen LogP contribution is -2.61. The minimum absolute atomic E-state index is 0.0204. The van der Waals surface area contributed by atoms with Crippen LogP contribution in [-0.2, 0) is 9.53 Å². The molecule has 2 fully saturated rings. The van der Waals surface area contributed by atoms with Gasteiger partial charge in [0.2, 0.25) is 5.91 Å². The Balaban J connectivity index is 2.03. The van der Waals surface area contributed by atoms with E-state index in [1.54, 1.807) is 0 Å². The largest absolute Gasteiger partial charge is 0.366 e. The van der Waals surface area contributed by atoms with Crippen LogP contribution in [0.15, 0.2) is 0 Å². The Hall–Kier alpha value is -0.570. The highest BCUT2D eigenvalue weighted by Crippen LogP contribution is 2.34. The van der Waals surface area contributed by atoms with Crippen molar-refractivity contribution in [2.75, 3.05) is 6.61 Å². The van der Waals surface area contributed by atoms with E-state index in [-0.39, 0.29) is 24.2 Å². The summed E-state index contributed by atoms with van der Waals surface area (Å²) in [6, 6.07) is 0. The molecule has 1 atom stereocenters. The van der Waals surface area contributed by atoms with Gasteiger partial charge < -0.3 is 10.1 Å². The first-order valence-corrected chi connectivity index (χ1v) is 6.02. The van der Waals surface area contributed by atoms with E-state index in [1.807, 2.05) is 0 Å². The van der Waals surface area contributed by atoms with Crippen molar-refractivity contribution in [2.45, 2.75) is 57.6 Å². The SMILES string of the molecule is CC1(C)NC(=O)CO[C@H]1C1CCCCC1. The highest BCUT2D eigenvalue weighted by molar-refractivity contribution is 5.78. The van der Waals surface area contributed by atoms with Crippen LogP contribution in [0.3, 0.4) is 0 Å². The van der Waals surface area contributed by atoms with E-state index in [9.17, 15) is 4.79 Å². The molecule has 0 spiro atoms. The van der Waals surface area contributed by atoms with Crippen molar-refractivity contribution in [2.24, 2.45) is 5.92 Å². The summed E-state index contributed by atoms with van der Waals surface area (Å²) >= 11 is 0. The van der Waals surface area contributed by atoms with Crippen molar-refractivity contribution in [3.63, 3.8) is 0 Å². The van der Waals surface area contributed by atoms with Crippen LogP contribution in [0.5, 0.6) is 0 Å². The van der Waals surface area contributed by atoms with Gasteiger partial charge in [-0.05, 0) is 32.6 Å². The molecule has 2 aliphatic rings. The van der Waals surface area contributed by atoms with E-state index < -0.39 is 0 Å². The topological polar surface area (TPSA) is 38.3 Å². The first kappa shape index (κ1) is 10.9. The van der Waals surface area contributed by atoms with Gasteiger partial charge in [0.25, 0.3) is 0 Å². The van der Waals surface area contributed by atoms with E-state index in [0.717, 1.165) is 0 Å². The van der Waals surface area contributed by atoms with Crippen LogP contribution in [0.2, 0.25) is 0 Å². The summed E-state index contributed by atoms with van der Waals surface area (Å²) in [5.41, 5.74) is -0.197. The lowest BCUT2D eigenvalue weighted by atomic mass is 9.77. The van der Waals surface area contributed by atoms with Crippen molar-refractivity contribution in [3.8, 4) is 0 Å². The Morgan fingerprint density at radius 3 is 2.53 bits per heavy atom. The second-order valence-corrected chi connectivity index (χ2v) is 5.40. The van der Waals surface area contributed by atoms with E-state index in [4.69, 9.17) is 4.74 Å². The second-order valence-electron chi connectivity index (χ2n) is 5.40. The van der Waals surface area contributed by atoms with Gasteiger partial charge in [0.15, 0.2) is 0 Å². The summed E-state index contributed by atoms with van der Waals surface area (Å²) < 4.78 is 5.73. The smallest absolute Gasteiger partial charge is 0.246 e. The number of hydrogen-bond donors (Lipinski definition) is 1. The lowest BCUT2D eigenvalue weighted by Gasteiger charge is -2.44. The summed E-state index contributed by atoms with van der Waals surface area (Å²) in [7, 11) is 0. The zero-order valence-corrected chi connectivity index (χ0v) is 9.71. The van der Waals surface area contributed by atoms with Gasteiger partial charge in [-0.15, -0.1) is 0 Å². The fourth-order valence-corrected chi connectivity index (χ4v) is 3.00. The number of rotatable bonds is 1. The van der Waals surface area contributed by atoms with Crippen LogP contribution in [0.25, 0.3) is 0 Å². The molecule has 1 aliphatic heterocycles. The first-order chi connectivity index (χ1) is 7.09. The van der Waals surface area contributed by atoms with Crippen molar-refractivity contribution < 1.29 is 9.53 Å². The zero-order valence-electron chi connectivity index (χ0n) is 9.71. The number of hydrogen-bond acceptors (Lipinski definition) is 2. The molecule has 2 rings (SSSR count). The maximum atomic E-state index is 11.3. The van der Waals surface area contributed by atoms with E-state index in [1.165, 1.54) is 32.1 Å². The number of amides is 1. The molecule has 0 bridgehead atoms. The molecule has 0 aromatic heterocycles. The summed E-state index contributed by atoms with van der Waals surface area (Å²) in [5, 5.41) is 3.04. The number of morpholine rings is 1. The first-order valence-electron chi connectivity index (χ1n) is 6.02. The van der Waals surface area contributed by atoms with E-state index >= 15 is 0 Å². The van der Waals surface area contributed by atoms with Crippen LogP contribution >= 0.6 is 0 Å². The second kappa shape index (κ2) is 4.12. The third-order valence-corrected chi connectivity index (χ3v) is 3.64. The molecular formula is C12H21NO2. The maximum absolute atomic E-state index is 11.3. The quantitative estimate of drug-likeness (QED) is 0.719. The van der Waals surface area contributed by atoms with Gasteiger partial charge in [-0.2, -0.15) is 0 Å². The average Bonchev–Trinajstić information content (AvgIpc) is 2.17. The number of nitrogens with one attached hydrogen (secondary N) is 1. The van der Waals surface area contributed by atoms with Gasteiger partial charge in [-0.25, -0.2) is 0 Å². The van der Waals surface area contributed by atoms with Crippen LogP contribution in [-0.4, -0.2) is 24.2 Å². The molecular weight excluding hydrogens is 190 g/mol. The molecule has 15 heavy (non-hydrogen) atoms. The Bertz CT molecular complexity index is 244. The highest BCUT2D eigenvalue weighted by Gasteiger charge is 2.41. The predicted molar refractivity (Wildman–Crippen MR) is 58.5 cm³/mol. The molecule has 3 nitrogen and oxygen atoms in total. The zero-order chi connectivity index (χ0) is 10.9. The molecule has 1 amide bonds. The monoisotopic (exact) mass is 211 g/mol. The van der Waals surface area contributed by atoms with Crippen molar-refractivity contribution >= 4 is 5.91 Å². The van der Waals surface area contributed by atoms with E-state index in [2.05, 4.69) is 19.2 Å². The fraction of sp³-hybridized carbons (Fsp3) is 0.917. The molecule has 0 radical (unpaired) electrons. The number of carbonyl (C=O) groups is 1. The minimum atomic E-state index is -0.197. The summed E-state index contributed by atoms with van der Waals surface area (Å²) in [4.78, 5) is 11.3. The Kier molecular flexibility index (Phi) is 3.01. The molecule has 1 heterocycles. The van der Waals surface area contributed by atoms with Gasteiger partial charge in [-0.1, -0.05) is 19.3 Å². The number of carbonyl (C=O) groups excluding carboxylic acids is 1. The van der Waals surface area contributed by atoms with E-state index in [0.29, 0.717) is 5.92 Å². The molecule has 1 saturated carbocycles. The van der Waals surface area contributed by atoms with Crippen molar-refractivity contribution in [3.05, 3.63) is 0 Å². The van der Waals surface area contributed by atoms with Crippen LogP contribution in [0, 0.1) is 5.92 Å². The summed E-state index contributed by atoms with van der Waals surface area (Å²) in [6.45, 7) is 4.39. The van der Waals surface area contributed by atoms with Crippen LogP contribution < -0.4 is 5.32 Å². The van der Waals surface area contributed by atoms with Gasteiger partial charge >= 0.3 is 0 Å². The molecule has 1 aliphatic carbocycles. The molecule has 3 heteroatoms. The van der Waals surface area contributed by atoms with Crippen LogP contribution in [0.1, 0.15) is 46.0 Å². The third-order valence-electron chi connectivity index (χ3n) is 3.64. The molecule has 86 valence electrons. The molecule has 1 N–H and O–H groups in total. The molecule has 1 saturated heterocycles.